The van der Waals surface area contributed by atoms with Crippen molar-refractivity contribution >= 4 is 27.3 Å². The van der Waals surface area contributed by atoms with Gasteiger partial charge in [0.25, 0.3) is 0 Å². The minimum atomic E-state index is 0.0531. The second kappa shape index (κ2) is 4.59. The summed E-state index contributed by atoms with van der Waals surface area (Å²) in [5, 5.41) is 4.73. The molecule has 0 aliphatic rings. The molecule has 0 bridgehead atoms. The Morgan fingerprint density at radius 3 is 2.84 bits per heavy atom. The number of benzene rings is 1. The van der Waals surface area contributed by atoms with Gasteiger partial charge in [0, 0.05) is 24.7 Å². The summed E-state index contributed by atoms with van der Waals surface area (Å²) in [5.74, 6) is 0.0531. The van der Waals surface area contributed by atoms with Crippen LogP contribution in [0.1, 0.15) is 21.1 Å². The molecule has 4 nitrogen and oxygen atoms in total. The van der Waals surface area contributed by atoms with E-state index >= 15 is 0 Å². The van der Waals surface area contributed by atoms with Crippen LogP contribution in [0.5, 0.6) is 0 Å². The van der Waals surface area contributed by atoms with Crippen molar-refractivity contribution in [3.05, 3.63) is 46.7 Å². The van der Waals surface area contributed by atoms with Crippen LogP contribution in [-0.2, 0) is 13.5 Å². The van der Waals surface area contributed by atoms with Gasteiger partial charge in [-0.05, 0) is 19.1 Å². The molecule has 3 rings (SSSR count). The molecule has 0 atom stereocenters. The highest BCUT2D eigenvalue weighted by molar-refractivity contribution is 7.20. The molecule has 0 saturated carbocycles. The zero-order valence-corrected chi connectivity index (χ0v) is 11.6. The zero-order valence-electron chi connectivity index (χ0n) is 10.8. The van der Waals surface area contributed by atoms with Crippen molar-refractivity contribution in [1.82, 2.24) is 14.8 Å². The number of carbonyl (C=O) groups is 1. The molecule has 19 heavy (non-hydrogen) atoms. The molecular formula is C14H13N3OS. The molecule has 0 aliphatic carbocycles. The monoisotopic (exact) mass is 271 g/mol. The van der Waals surface area contributed by atoms with E-state index in [0.717, 1.165) is 21.5 Å². The predicted octanol–water partition coefficient (Wildman–Crippen LogP) is 2.76. The number of hydrogen-bond acceptors (Lipinski definition) is 4. The minimum Gasteiger partial charge on any atom is -0.291 e. The third-order valence-corrected chi connectivity index (χ3v) is 4.30. The molecule has 0 saturated heterocycles. The third kappa shape index (κ3) is 2.17. The molecule has 0 fully saturated rings. The lowest BCUT2D eigenvalue weighted by Gasteiger charge is -1.98. The van der Waals surface area contributed by atoms with Crippen molar-refractivity contribution < 1.29 is 4.79 Å². The summed E-state index contributed by atoms with van der Waals surface area (Å²) in [7, 11) is 1.88. The summed E-state index contributed by atoms with van der Waals surface area (Å²) < 4.78 is 2.83. The molecule has 0 amide bonds. The lowest BCUT2D eigenvalue weighted by Crippen LogP contribution is -2.04. The smallest absolute Gasteiger partial charge is 0.195 e. The first kappa shape index (κ1) is 12.0. The van der Waals surface area contributed by atoms with Gasteiger partial charge in [-0.15, -0.1) is 11.3 Å². The first-order valence-electron chi connectivity index (χ1n) is 6.01. The van der Waals surface area contributed by atoms with Crippen LogP contribution < -0.4 is 0 Å². The van der Waals surface area contributed by atoms with Crippen molar-refractivity contribution in [1.29, 1.82) is 0 Å². The van der Waals surface area contributed by atoms with Gasteiger partial charge in [0.2, 0.25) is 0 Å². The van der Waals surface area contributed by atoms with Crippen molar-refractivity contribution in [2.24, 2.45) is 7.05 Å². The van der Waals surface area contributed by atoms with Gasteiger partial charge in [-0.25, -0.2) is 4.98 Å². The van der Waals surface area contributed by atoms with Crippen LogP contribution in [0.15, 0.2) is 30.5 Å². The van der Waals surface area contributed by atoms with Crippen LogP contribution in [0, 0.1) is 6.92 Å². The van der Waals surface area contributed by atoms with Gasteiger partial charge in [0.15, 0.2) is 10.8 Å². The number of carbonyl (C=O) groups excluding carboxylic acids is 1. The Kier molecular flexibility index (Phi) is 2.91. The van der Waals surface area contributed by atoms with Crippen molar-refractivity contribution in [2.45, 2.75) is 13.3 Å². The molecular weight excluding hydrogens is 258 g/mol. The first-order chi connectivity index (χ1) is 9.15. The molecule has 0 aliphatic heterocycles. The Morgan fingerprint density at radius 2 is 2.16 bits per heavy atom. The van der Waals surface area contributed by atoms with Crippen LogP contribution in [-0.4, -0.2) is 20.5 Å². The number of rotatable bonds is 3. The number of ketones is 1. The van der Waals surface area contributed by atoms with Gasteiger partial charge in [-0.1, -0.05) is 12.1 Å². The number of para-hydroxylation sites is 1. The average Bonchev–Trinajstić information content (AvgIpc) is 2.97. The second-order valence-corrected chi connectivity index (χ2v) is 5.50. The second-order valence-electron chi connectivity index (χ2n) is 4.47. The lowest BCUT2D eigenvalue weighted by atomic mass is 10.1. The molecule has 3 aromatic rings. The van der Waals surface area contributed by atoms with Crippen LogP contribution >= 0.6 is 11.3 Å². The average molecular weight is 271 g/mol. The topological polar surface area (TPSA) is 47.8 Å². The fourth-order valence-corrected chi connectivity index (χ4v) is 2.86. The van der Waals surface area contributed by atoms with E-state index in [1.807, 2.05) is 38.2 Å². The maximum absolute atomic E-state index is 12.3. The summed E-state index contributed by atoms with van der Waals surface area (Å²) in [6, 6.07) is 7.80. The standard InChI is InChI=1S/C14H13N3OS/c1-9-10(8-15-17(9)2)7-12(18)14-16-11-5-3-4-6-13(11)19-14/h3-6,8H,7H2,1-2H3. The van der Waals surface area contributed by atoms with Gasteiger partial charge in [0.05, 0.1) is 16.4 Å². The molecule has 5 heteroatoms. The van der Waals surface area contributed by atoms with Crippen molar-refractivity contribution in [3.8, 4) is 0 Å². The Bertz CT molecular complexity index is 724. The van der Waals surface area contributed by atoms with E-state index in [-0.39, 0.29) is 5.78 Å². The van der Waals surface area contributed by atoms with Crippen LogP contribution in [0.3, 0.4) is 0 Å². The van der Waals surface area contributed by atoms with E-state index in [1.54, 1.807) is 10.9 Å². The van der Waals surface area contributed by atoms with Gasteiger partial charge in [-0.2, -0.15) is 5.10 Å². The quantitative estimate of drug-likeness (QED) is 0.688. The minimum absolute atomic E-state index is 0.0531. The Morgan fingerprint density at radius 1 is 1.37 bits per heavy atom. The number of hydrogen-bond donors (Lipinski definition) is 0. The number of aromatic nitrogens is 3. The number of fused-ring (bicyclic) bond motifs is 1. The van der Waals surface area contributed by atoms with Gasteiger partial charge >= 0.3 is 0 Å². The summed E-state index contributed by atoms with van der Waals surface area (Å²) in [4.78, 5) is 16.6. The molecule has 0 radical (unpaired) electrons. The maximum Gasteiger partial charge on any atom is 0.195 e. The van der Waals surface area contributed by atoms with Crippen LogP contribution in [0.2, 0.25) is 0 Å². The molecule has 1 aromatic carbocycles. The number of Topliss-reactive ketones (excluding diaryl/α,β-unsaturated/α-hetero) is 1. The number of nitrogens with zero attached hydrogens (tertiary/aromatic N) is 3. The van der Waals surface area contributed by atoms with Crippen molar-refractivity contribution in [3.63, 3.8) is 0 Å². The summed E-state index contributed by atoms with van der Waals surface area (Å²) >= 11 is 1.45. The van der Waals surface area contributed by atoms with Crippen LogP contribution in [0.4, 0.5) is 0 Å². The predicted molar refractivity (Wildman–Crippen MR) is 75.6 cm³/mol. The maximum atomic E-state index is 12.3. The normalized spacial score (nSPS) is 11.1. The van der Waals surface area contributed by atoms with E-state index < -0.39 is 0 Å². The molecule has 0 spiro atoms. The van der Waals surface area contributed by atoms with E-state index in [9.17, 15) is 4.79 Å². The Labute approximate surface area is 114 Å². The van der Waals surface area contributed by atoms with E-state index in [4.69, 9.17) is 0 Å². The lowest BCUT2D eigenvalue weighted by molar-refractivity contribution is 0.0992. The highest BCUT2D eigenvalue weighted by Gasteiger charge is 2.15. The van der Waals surface area contributed by atoms with Gasteiger partial charge in [0.1, 0.15) is 0 Å². The molecule has 96 valence electrons. The molecule has 2 heterocycles. The molecule has 0 N–H and O–H groups in total. The van der Waals surface area contributed by atoms with E-state index in [0.29, 0.717) is 11.4 Å². The third-order valence-electron chi connectivity index (χ3n) is 3.22. The molecule has 2 aromatic heterocycles. The summed E-state index contributed by atoms with van der Waals surface area (Å²) in [6.07, 6.45) is 2.11. The largest absolute Gasteiger partial charge is 0.291 e. The number of thiazole rings is 1. The fourth-order valence-electron chi connectivity index (χ4n) is 1.96. The molecule has 0 unspecified atom stereocenters. The van der Waals surface area contributed by atoms with E-state index in [2.05, 4.69) is 10.1 Å². The van der Waals surface area contributed by atoms with Gasteiger partial charge < -0.3 is 0 Å². The Hall–Kier alpha value is -2.01. The zero-order chi connectivity index (χ0) is 13.4. The highest BCUT2D eigenvalue weighted by Crippen LogP contribution is 2.23. The SMILES string of the molecule is Cc1c(CC(=O)c2nc3ccccc3s2)cnn1C. The summed E-state index contributed by atoms with van der Waals surface area (Å²) in [6.45, 7) is 1.97. The highest BCUT2D eigenvalue weighted by atomic mass is 32.1. The van der Waals surface area contributed by atoms with E-state index in [1.165, 1.54) is 11.3 Å². The van der Waals surface area contributed by atoms with Crippen molar-refractivity contribution in [2.75, 3.05) is 0 Å². The fraction of sp³-hybridized carbons (Fsp3) is 0.214. The first-order valence-corrected chi connectivity index (χ1v) is 6.83. The van der Waals surface area contributed by atoms with Crippen LogP contribution in [0.25, 0.3) is 10.2 Å². The number of aryl methyl sites for hydroxylation is 1. The Balaban J connectivity index is 1.89. The van der Waals surface area contributed by atoms with Gasteiger partial charge in [-0.3, -0.25) is 9.48 Å². The summed E-state index contributed by atoms with van der Waals surface area (Å²) in [5.41, 5.74) is 2.87.